The van der Waals surface area contributed by atoms with Crippen LogP contribution in [0.5, 0.6) is 0 Å². The fourth-order valence-electron chi connectivity index (χ4n) is 4.27. The predicted molar refractivity (Wildman–Crippen MR) is 125 cm³/mol. The number of hydrogen-bond acceptors (Lipinski definition) is 2. The summed E-state index contributed by atoms with van der Waals surface area (Å²) in [5.41, 5.74) is 2.55. The number of aryl methyl sites for hydroxylation is 1. The van der Waals surface area contributed by atoms with Crippen molar-refractivity contribution in [3.8, 4) is 0 Å². The lowest BCUT2D eigenvalue weighted by Crippen LogP contribution is -2.47. The van der Waals surface area contributed by atoms with Crippen LogP contribution in [0.4, 0.5) is 0 Å². The third-order valence-corrected chi connectivity index (χ3v) is 5.71. The van der Waals surface area contributed by atoms with Crippen molar-refractivity contribution in [3.63, 3.8) is 0 Å². The first kappa shape index (κ1) is 22.2. The van der Waals surface area contributed by atoms with E-state index in [9.17, 15) is 4.79 Å². The van der Waals surface area contributed by atoms with E-state index in [1.807, 2.05) is 13.8 Å². The molecule has 1 aromatic heterocycles. The fraction of sp³-hybridized carbons (Fsp3) is 0.583. The molecule has 2 atom stereocenters. The van der Waals surface area contributed by atoms with Gasteiger partial charge in [-0.3, -0.25) is 9.79 Å². The van der Waals surface area contributed by atoms with Gasteiger partial charge in [0.15, 0.2) is 5.96 Å². The number of para-hydroxylation sites is 1. The highest BCUT2D eigenvalue weighted by molar-refractivity contribution is 5.83. The molecule has 4 N–H and O–H groups in total. The lowest BCUT2D eigenvalue weighted by atomic mass is 9.85. The Balaban J connectivity index is 1.50. The van der Waals surface area contributed by atoms with Gasteiger partial charge in [0.05, 0.1) is 0 Å². The van der Waals surface area contributed by atoms with Crippen molar-refractivity contribution >= 4 is 22.8 Å². The van der Waals surface area contributed by atoms with Crippen LogP contribution in [0.3, 0.4) is 0 Å². The number of guanidine groups is 1. The summed E-state index contributed by atoms with van der Waals surface area (Å²) < 4.78 is 0. The number of aromatic amines is 1. The van der Waals surface area contributed by atoms with Crippen molar-refractivity contribution in [2.45, 2.75) is 71.4 Å². The molecule has 1 aliphatic rings. The monoisotopic (exact) mass is 411 g/mol. The van der Waals surface area contributed by atoms with Crippen molar-refractivity contribution in [3.05, 3.63) is 36.0 Å². The van der Waals surface area contributed by atoms with E-state index >= 15 is 0 Å². The molecule has 2 aromatic rings. The van der Waals surface area contributed by atoms with Gasteiger partial charge in [0.2, 0.25) is 5.91 Å². The number of H-pyrrole nitrogens is 1. The standard InChI is InChI=1S/C24H37N5O/c1-4-25-24(29-20-11-7-9-18(15-20)23(30)28-17(2)3)26-14-8-10-19-16-27-22-13-6-5-12-21(19)22/h5-6,12-13,16-18,20,27H,4,7-11,14-15H2,1-3H3,(H,28,30)(H2,25,26,29). The summed E-state index contributed by atoms with van der Waals surface area (Å²) in [5, 5.41) is 11.3. The Morgan fingerprint density at radius 2 is 2.10 bits per heavy atom. The quantitative estimate of drug-likeness (QED) is 0.303. The Labute approximate surface area is 180 Å². The number of fused-ring (bicyclic) bond motifs is 1. The van der Waals surface area contributed by atoms with Crippen LogP contribution in [0.1, 0.15) is 58.4 Å². The van der Waals surface area contributed by atoms with E-state index in [0.717, 1.165) is 57.6 Å². The average Bonchev–Trinajstić information content (AvgIpc) is 3.14. The van der Waals surface area contributed by atoms with Crippen LogP contribution in [0, 0.1) is 5.92 Å². The molecular weight excluding hydrogens is 374 g/mol. The largest absolute Gasteiger partial charge is 0.361 e. The molecular formula is C24H37N5O. The number of aliphatic imine (C=N–C) groups is 1. The maximum absolute atomic E-state index is 12.4. The molecule has 0 bridgehead atoms. The topological polar surface area (TPSA) is 81.3 Å². The average molecular weight is 412 g/mol. The Morgan fingerprint density at radius 3 is 2.90 bits per heavy atom. The Morgan fingerprint density at radius 1 is 1.27 bits per heavy atom. The summed E-state index contributed by atoms with van der Waals surface area (Å²) in [7, 11) is 0. The highest BCUT2D eigenvalue weighted by Crippen LogP contribution is 2.24. The normalized spacial score (nSPS) is 19.8. The van der Waals surface area contributed by atoms with E-state index in [1.165, 1.54) is 16.5 Å². The van der Waals surface area contributed by atoms with Crippen molar-refractivity contribution in [1.82, 2.24) is 20.9 Å². The Hall–Kier alpha value is -2.50. The SMILES string of the molecule is CCNC(=NCCCc1c[nH]c2ccccc12)NC1CCCC(C(=O)NC(C)C)C1. The van der Waals surface area contributed by atoms with Crippen molar-refractivity contribution in [2.75, 3.05) is 13.1 Å². The number of nitrogens with one attached hydrogen (secondary N) is 4. The number of benzene rings is 1. The molecule has 0 aliphatic heterocycles. The zero-order valence-corrected chi connectivity index (χ0v) is 18.6. The van der Waals surface area contributed by atoms with Gasteiger partial charge in [0.1, 0.15) is 0 Å². The maximum atomic E-state index is 12.4. The molecule has 0 saturated heterocycles. The molecule has 164 valence electrons. The van der Waals surface area contributed by atoms with Crippen molar-refractivity contribution < 1.29 is 4.79 Å². The summed E-state index contributed by atoms with van der Waals surface area (Å²) in [4.78, 5) is 20.5. The number of carbonyl (C=O) groups excluding carboxylic acids is 1. The van der Waals surface area contributed by atoms with Gasteiger partial charge in [-0.25, -0.2) is 0 Å². The second-order valence-corrected chi connectivity index (χ2v) is 8.59. The summed E-state index contributed by atoms with van der Waals surface area (Å²) in [6.07, 6.45) is 8.14. The second-order valence-electron chi connectivity index (χ2n) is 8.59. The summed E-state index contributed by atoms with van der Waals surface area (Å²) in [5.74, 6) is 1.16. The van der Waals surface area contributed by atoms with E-state index in [2.05, 4.69) is 58.3 Å². The first-order chi connectivity index (χ1) is 14.6. The van der Waals surface area contributed by atoms with Crippen LogP contribution in [-0.2, 0) is 11.2 Å². The smallest absolute Gasteiger partial charge is 0.223 e. The molecule has 6 heteroatoms. The molecule has 0 radical (unpaired) electrons. The minimum atomic E-state index is 0.100. The summed E-state index contributed by atoms with van der Waals surface area (Å²) in [6, 6.07) is 8.93. The fourth-order valence-corrected chi connectivity index (χ4v) is 4.27. The number of aromatic nitrogens is 1. The third kappa shape index (κ3) is 6.25. The predicted octanol–water partition coefficient (Wildman–Crippen LogP) is 3.74. The van der Waals surface area contributed by atoms with Crippen LogP contribution in [0.25, 0.3) is 10.9 Å². The lowest BCUT2D eigenvalue weighted by molar-refractivity contribution is -0.126. The van der Waals surface area contributed by atoms with E-state index < -0.39 is 0 Å². The number of rotatable bonds is 8. The van der Waals surface area contributed by atoms with Crippen LogP contribution >= 0.6 is 0 Å². The molecule has 1 saturated carbocycles. The highest BCUT2D eigenvalue weighted by Gasteiger charge is 2.27. The van der Waals surface area contributed by atoms with Crippen LogP contribution in [0.2, 0.25) is 0 Å². The molecule has 0 spiro atoms. The molecule has 3 rings (SSSR count). The van der Waals surface area contributed by atoms with Gasteiger partial charge in [0, 0.05) is 48.2 Å². The Kier molecular flexibility index (Phi) is 8.17. The Bertz CT molecular complexity index is 841. The minimum absolute atomic E-state index is 0.100. The zero-order chi connectivity index (χ0) is 21.3. The third-order valence-electron chi connectivity index (χ3n) is 5.71. The first-order valence-corrected chi connectivity index (χ1v) is 11.5. The van der Waals surface area contributed by atoms with Crippen molar-refractivity contribution in [1.29, 1.82) is 0 Å². The number of hydrogen-bond donors (Lipinski definition) is 4. The lowest BCUT2D eigenvalue weighted by Gasteiger charge is -2.30. The van der Waals surface area contributed by atoms with Gasteiger partial charge in [-0.1, -0.05) is 24.6 Å². The van der Waals surface area contributed by atoms with E-state index in [1.54, 1.807) is 0 Å². The van der Waals surface area contributed by atoms with Crippen LogP contribution in [0.15, 0.2) is 35.5 Å². The molecule has 1 heterocycles. The molecule has 1 amide bonds. The van der Waals surface area contributed by atoms with E-state index in [-0.39, 0.29) is 17.9 Å². The van der Waals surface area contributed by atoms with Gasteiger partial charge in [-0.05, 0) is 64.5 Å². The van der Waals surface area contributed by atoms with Gasteiger partial charge in [0.25, 0.3) is 0 Å². The van der Waals surface area contributed by atoms with E-state index in [0.29, 0.717) is 6.04 Å². The van der Waals surface area contributed by atoms with Gasteiger partial charge >= 0.3 is 0 Å². The number of amides is 1. The summed E-state index contributed by atoms with van der Waals surface area (Å²) >= 11 is 0. The van der Waals surface area contributed by atoms with Crippen LogP contribution in [-0.4, -0.2) is 42.0 Å². The molecule has 30 heavy (non-hydrogen) atoms. The highest BCUT2D eigenvalue weighted by atomic mass is 16.1. The van der Waals surface area contributed by atoms with Crippen molar-refractivity contribution in [2.24, 2.45) is 10.9 Å². The molecule has 2 unspecified atom stereocenters. The molecule has 1 fully saturated rings. The summed E-state index contributed by atoms with van der Waals surface area (Å²) in [6.45, 7) is 7.73. The minimum Gasteiger partial charge on any atom is -0.361 e. The van der Waals surface area contributed by atoms with Gasteiger partial charge < -0.3 is 20.9 Å². The number of carbonyl (C=O) groups is 1. The van der Waals surface area contributed by atoms with Gasteiger partial charge in [-0.15, -0.1) is 0 Å². The molecule has 6 nitrogen and oxygen atoms in total. The zero-order valence-electron chi connectivity index (χ0n) is 18.6. The maximum Gasteiger partial charge on any atom is 0.223 e. The first-order valence-electron chi connectivity index (χ1n) is 11.5. The molecule has 1 aromatic carbocycles. The number of nitrogens with zero attached hydrogens (tertiary/aromatic N) is 1. The van der Waals surface area contributed by atoms with Gasteiger partial charge in [-0.2, -0.15) is 0 Å². The second kappa shape index (κ2) is 11.0. The molecule has 1 aliphatic carbocycles. The van der Waals surface area contributed by atoms with Crippen LogP contribution < -0.4 is 16.0 Å². The van der Waals surface area contributed by atoms with E-state index in [4.69, 9.17) is 4.99 Å².